The van der Waals surface area contributed by atoms with E-state index < -0.39 is 0 Å². The second-order valence-electron chi connectivity index (χ2n) is 4.15. The van der Waals surface area contributed by atoms with Crippen LogP contribution < -0.4 is 11.1 Å². The molecule has 0 bridgehead atoms. The second kappa shape index (κ2) is 6.10. The zero-order chi connectivity index (χ0) is 13.7. The Morgan fingerprint density at radius 3 is 2.95 bits per heavy atom. The van der Waals surface area contributed by atoms with Crippen molar-refractivity contribution in [1.82, 2.24) is 15.0 Å². The number of nitrogen functional groups attached to an aromatic ring is 1. The maximum atomic E-state index is 5.73. The molecule has 0 radical (unpaired) electrons. The van der Waals surface area contributed by atoms with Crippen LogP contribution in [-0.4, -0.2) is 22.1 Å². The molecule has 0 atom stereocenters. The van der Waals surface area contributed by atoms with Crippen LogP contribution in [0.4, 0.5) is 11.6 Å². The maximum Gasteiger partial charge on any atom is 0.158 e. The van der Waals surface area contributed by atoms with Gasteiger partial charge in [0, 0.05) is 19.4 Å². The fourth-order valence-electron chi connectivity index (χ4n) is 1.68. The van der Waals surface area contributed by atoms with E-state index in [1.807, 2.05) is 19.1 Å². The van der Waals surface area contributed by atoms with Gasteiger partial charge in [0.05, 0.1) is 12.2 Å². The first kappa shape index (κ1) is 13.2. The monoisotopic (exact) mass is 259 g/mol. The number of nitrogens with two attached hydrogens (primary N) is 1. The minimum atomic E-state index is 0.336. The fourth-order valence-corrected chi connectivity index (χ4v) is 1.68. The molecule has 0 spiro atoms. The third-order valence-electron chi connectivity index (χ3n) is 2.62. The highest BCUT2D eigenvalue weighted by atomic mass is 16.5. The molecule has 0 amide bonds. The van der Waals surface area contributed by atoms with Crippen molar-refractivity contribution in [1.29, 1.82) is 0 Å². The van der Waals surface area contributed by atoms with Gasteiger partial charge >= 0.3 is 0 Å². The Labute approximate surface area is 112 Å². The van der Waals surface area contributed by atoms with Crippen molar-refractivity contribution in [2.45, 2.75) is 20.1 Å². The molecule has 100 valence electrons. The number of aryl methyl sites for hydroxylation is 1. The SMILES string of the molecule is COCc1nc(N)cc(NCc2ncccc2C)n1. The van der Waals surface area contributed by atoms with Gasteiger partial charge < -0.3 is 15.8 Å². The van der Waals surface area contributed by atoms with Gasteiger partial charge in [-0.25, -0.2) is 9.97 Å². The second-order valence-corrected chi connectivity index (χ2v) is 4.15. The maximum absolute atomic E-state index is 5.73. The lowest BCUT2D eigenvalue weighted by Gasteiger charge is -2.09. The molecule has 19 heavy (non-hydrogen) atoms. The lowest BCUT2D eigenvalue weighted by molar-refractivity contribution is 0.178. The molecule has 2 rings (SSSR count). The molecule has 6 heteroatoms. The quantitative estimate of drug-likeness (QED) is 0.846. The summed E-state index contributed by atoms with van der Waals surface area (Å²) >= 11 is 0. The molecule has 2 heterocycles. The van der Waals surface area contributed by atoms with Crippen LogP contribution in [0.25, 0.3) is 0 Å². The number of hydrogen-bond donors (Lipinski definition) is 2. The summed E-state index contributed by atoms with van der Waals surface area (Å²) in [7, 11) is 1.59. The van der Waals surface area contributed by atoms with Gasteiger partial charge in [0.1, 0.15) is 18.2 Å². The Morgan fingerprint density at radius 2 is 2.21 bits per heavy atom. The van der Waals surface area contributed by atoms with Crippen molar-refractivity contribution < 1.29 is 4.74 Å². The number of ether oxygens (including phenoxy) is 1. The Bertz CT molecular complexity index is 558. The molecule has 2 aromatic heterocycles. The van der Waals surface area contributed by atoms with Crippen molar-refractivity contribution in [3.05, 3.63) is 41.5 Å². The molecular formula is C13H17N5O. The third kappa shape index (κ3) is 3.62. The van der Waals surface area contributed by atoms with Gasteiger partial charge in [0.25, 0.3) is 0 Å². The Balaban J connectivity index is 2.09. The lowest BCUT2D eigenvalue weighted by atomic mass is 10.2. The van der Waals surface area contributed by atoms with E-state index >= 15 is 0 Å². The van der Waals surface area contributed by atoms with E-state index in [1.54, 1.807) is 19.4 Å². The summed E-state index contributed by atoms with van der Waals surface area (Å²) in [6.45, 7) is 2.95. The summed E-state index contributed by atoms with van der Waals surface area (Å²) in [4.78, 5) is 12.7. The zero-order valence-corrected chi connectivity index (χ0v) is 11.1. The van der Waals surface area contributed by atoms with Gasteiger partial charge in [-0.1, -0.05) is 6.07 Å². The smallest absolute Gasteiger partial charge is 0.158 e. The summed E-state index contributed by atoms with van der Waals surface area (Å²) in [6.07, 6.45) is 1.77. The molecule has 0 aliphatic heterocycles. The lowest BCUT2D eigenvalue weighted by Crippen LogP contribution is -2.08. The van der Waals surface area contributed by atoms with Gasteiger partial charge in [-0.05, 0) is 18.6 Å². The van der Waals surface area contributed by atoms with Crippen LogP contribution in [0.15, 0.2) is 24.4 Å². The summed E-state index contributed by atoms with van der Waals surface area (Å²) < 4.78 is 5.00. The zero-order valence-electron chi connectivity index (χ0n) is 11.1. The largest absolute Gasteiger partial charge is 0.384 e. The number of methoxy groups -OCH3 is 1. The minimum absolute atomic E-state index is 0.336. The summed E-state index contributed by atoms with van der Waals surface area (Å²) in [5.41, 5.74) is 7.84. The standard InChI is InChI=1S/C13H17N5O/c1-9-4-3-5-15-10(9)7-16-12-6-11(14)17-13(18-12)8-19-2/h3-6H,7-8H2,1-2H3,(H3,14,16,17,18). The topological polar surface area (TPSA) is 86.0 Å². The Hall–Kier alpha value is -2.21. The van der Waals surface area contributed by atoms with Gasteiger partial charge in [0.2, 0.25) is 0 Å². The first-order valence-corrected chi connectivity index (χ1v) is 5.96. The van der Waals surface area contributed by atoms with Gasteiger partial charge in [0.15, 0.2) is 5.82 Å². The van der Waals surface area contributed by atoms with E-state index in [9.17, 15) is 0 Å². The Morgan fingerprint density at radius 1 is 1.37 bits per heavy atom. The summed E-state index contributed by atoms with van der Waals surface area (Å²) in [5, 5.41) is 3.19. The van der Waals surface area contributed by atoms with Crippen molar-refractivity contribution in [3.8, 4) is 0 Å². The van der Waals surface area contributed by atoms with E-state index in [4.69, 9.17) is 10.5 Å². The highest BCUT2D eigenvalue weighted by molar-refractivity contribution is 5.45. The highest BCUT2D eigenvalue weighted by Gasteiger charge is 2.04. The molecule has 3 N–H and O–H groups in total. The summed E-state index contributed by atoms with van der Waals surface area (Å²) in [5.74, 6) is 1.65. The molecule has 0 fully saturated rings. The van der Waals surface area contributed by atoms with E-state index in [0.717, 1.165) is 11.3 Å². The number of nitrogens with one attached hydrogen (secondary N) is 1. The first-order valence-electron chi connectivity index (χ1n) is 5.96. The van der Waals surface area contributed by atoms with Gasteiger partial charge in [-0.2, -0.15) is 0 Å². The van der Waals surface area contributed by atoms with Crippen molar-refractivity contribution >= 4 is 11.6 Å². The Kier molecular flexibility index (Phi) is 4.25. The number of hydrogen-bond acceptors (Lipinski definition) is 6. The van der Waals surface area contributed by atoms with E-state index in [-0.39, 0.29) is 0 Å². The van der Waals surface area contributed by atoms with E-state index in [0.29, 0.717) is 30.6 Å². The van der Waals surface area contributed by atoms with Crippen molar-refractivity contribution in [2.75, 3.05) is 18.2 Å². The van der Waals surface area contributed by atoms with E-state index in [2.05, 4.69) is 20.3 Å². The number of rotatable bonds is 5. The van der Waals surface area contributed by atoms with Crippen LogP contribution in [0.5, 0.6) is 0 Å². The predicted molar refractivity (Wildman–Crippen MR) is 73.5 cm³/mol. The molecule has 0 unspecified atom stereocenters. The predicted octanol–water partition coefficient (Wildman–Crippen LogP) is 1.52. The van der Waals surface area contributed by atoms with Crippen LogP contribution in [0.1, 0.15) is 17.1 Å². The molecule has 0 aliphatic rings. The molecule has 2 aromatic rings. The van der Waals surface area contributed by atoms with Crippen LogP contribution in [0.2, 0.25) is 0 Å². The van der Waals surface area contributed by atoms with Crippen LogP contribution >= 0.6 is 0 Å². The van der Waals surface area contributed by atoms with Crippen molar-refractivity contribution in [2.24, 2.45) is 0 Å². The van der Waals surface area contributed by atoms with Crippen LogP contribution in [0, 0.1) is 6.92 Å². The van der Waals surface area contributed by atoms with Crippen LogP contribution in [-0.2, 0) is 17.9 Å². The fraction of sp³-hybridized carbons (Fsp3) is 0.308. The number of aromatic nitrogens is 3. The number of pyridine rings is 1. The molecule has 0 saturated heterocycles. The first-order chi connectivity index (χ1) is 9.19. The highest BCUT2D eigenvalue weighted by Crippen LogP contribution is 2.11. The average molecular weight is 259 g/mol. The van der Waals surface area contributed by atoms with Crippen LogP contribution in [0.3, 0.4) is 0 Å². The van der Waals surface area contributed by atoms with Gasteiger partial charge in [-0.15, -0.1) is 0 Å². The van der Waals surface area contributed by atoms with E-state index in [1.165, 1.54) is 0 Å². The number of anilines is 2. The van der Waals surface area contributed by atoms with Crippen molar-refractivity contribution in [3.63, 3.8) is 0 Å². The summed E-state index contributed by atoms with van der Waals surface area (Å²) in [6, 6.07) is 5.63. The average Bonchev–Trinajstić information content (AvgIpc) is 2.37. The molecule has 0 saturated carbocycles. The molecule has 0 aromatic carbocycles. The molecular weight excluding hydrogens is 242 g/mol. The number of nitrogens with zero attached hydrogens (tertiary/aromatic N) is 3. The molecule has 0 aliphatic carbocycles. The van der Waals surface area contributed by atoms with Gasteiger partial charge in [-0.3, -0.25) is 4.98 Å². The molecule has 6 nitrogen and oxygen atoms in total. The normalized spacial score (nSPS) is 10.4. The third-order valence-corrected chi connectivity index (χ3v) is 2.62. The minimum Gasteiger partial charge on any atom is -0.384 e.